The van der Waals surface area contributed by atoms with Gasteiger partial charge in [0.2, 0.25) is 5.91 Å². The molecular weight excluding hydrogens is 434 g/mol. The summed E-state index contributed by atoms with van der Waals surface area (Å²) >= 11 is 0. The molecule has 0 aliphatic carbocycles. The van der Waals surface area contributed by atoms with Crippen molar-refractivity contribution in [1.82, 2.24) is 20.2 Å². The predicted molar refractivity (Wildman–Crippen MR) is 133 cm³/mol. The fraction of sp³-hybridized carbons (Fsp3) is 0.680. The van der Waals surface area contributed by atoms with Gasteiger partial charge in [0.1, 0.15) is 22.9 Å². The Kier molecular flexibility index (Phi) is 12.2. The van der Waals surface area contributed by atoms with Gasteiger partial charge in [0.05, 0.1) is 33.8 Å². The van der Waals surface area contributed by atoms with E-state index in [0.717, 1.165) is 12.8 Å². The van der Waals surface area contributed by atoms with Crippen molar-refractivity contribution in [1.29, 1.82) is 0 Å². The van der Waals surface area contributed by atoms with Crippen molar-refractivity contribution >= 4 is 11.6 Å². The highest BCUT2D eigenvalue weighted by atomic mass is 16.5. The number of hydrogen-bond acceptors (Lipinski definition) is 7. The van der Waals surface area contributed by atoms with Gasteiger partial charge in [0.15, 0.2) is 5.82 Å². The average Bonchev–Trinajstić information content (AvgIpc) is 3.33. The van der Waals surface area contributed by atoms with Gasteiger partial charge < -0.3 is 19.5 Å². The highest BCUT2D eigenvalue weighted by Gasteiger charge is 2.24. The summed E-state index contributed by atoms with van der Waals surface area (Å²) in [6, 6.07) is 3.37. The van der Waals surface area contributed by atoms with Crippen LogP contribution in [0.3, 0.4) is 0 Å². The molecule has 9 heteroatoms. The van der Waals surface area contributed by atoms with Gasteiger partial charge in [-0.15, -0.1) is 10.2 Å². The van der Waals surface area contributed by atoms with E-state index in [9.17, 15) is 4.79 Å². The molecule has 0 spiro atoms. The minimum absolute atomic E-state index is 0.278. The average molecular weight is 476 g/mol. The van der Waals surface area contributed by atoms with E-state index in [1.807, 2.05) is 0 Å². The molecule has 1 N–H and O–H groups in total. The fourth-order valence-corrected chi connectivity index (χ4v) is 3.74. The van der Waals surface area contributed by atoms with Crippen LogP contribution in [-0.2, 0) is 11.3 Å². The van der Waals surface area contributed by atoms with E-state index in [4.69, 9.17) is 14.2 Å². The van der Waals surface area contributed by atoms with Gasteiger partial charge in [-0.3, -0.25) is 4.79 Å². The number of aryl methyl sites for hydroxylation is 1. The van der Waals surface area contributed by atoms with E-state index in [1.54, 1.807) is 31.0 Å². The molecule has 9 nitrogen and oxygen atoms in total. The van der Waals surface area contributed by atoms with Gasteiger partial charge in [-0.05, 0) is 18.6 Å². The Morgan fingerprint density at radius 3 is 2.00 bits per heavy atom. The van der Waals surface area contributed by atoms with Crippen molar-refractivity contribution in [2.45, 2.75) is 90.5 Å². The summed E-state index contributed by atoms with van der Waals surface area (Å²) in [4.78, 5) is 14.5. The standard InChI is InChI=1S/C25H41N5O4/c1-6-7-8-9-10-11-12-13-14-15-16-30-28-24(27-29-30)19(2)25(31)26-23-21(33-4)17-20(32-3)18-22(23)34-5/h17-19H,6-16H2,1-5H3,(H,26,31)/t19-/m0/s1. The van der Waals surface area contributed by atoms with E-state index in [0.29, 0.717) is 35.3 Å². The number of carbonyl (C=O) groups excluding carboxylic acids is 1. The fourth-order valence-electron chi connectivity index (χ4n) is 3.74. The summed E-state index contributed by atoms with van der Waals surface area (Å²) in [5.41, 5.74) is 0.431. The summed E-state index contributed by atoms with van der Waals surface area (Å²) in [7, 11) is 4.60. The van der Waals surface area contributed by atoms with E-state index < -0.39 is 5.92 Å². The number of rotatable bonds is 17. The number of nitrogens with one attached hydrogen (secondary N) is 1. The van der Waals surface area contributed by atoms with Crippen molar-refractivity contribution in [3.63, 3.8) is 0 Å². The number of tetrazole rings is 1. The van der Waals surface area contributed by atoms with Crippen LogP contribution in [0, 0.1) is 0 Å². The highest BCUT2D eigenvalue weighted by Crippen LogP contribution is 2.39. The van der Waals surface area contributed by atoms with Gasteiger partial charge >= 0.3 is 0 Å². The molecule has 0 radical (unpaired) electrons. The lowest BCUT2D eigenvalue weighted by Crippen LogP contribution is -2.21. The molecule has 0 fully saturated rings. The van der Waals surface area contributed by atoms with Crippen LogP contribution < -0.4 is 19.5 Å². The smallest absolute Gasteiger partial charge is 0.235 e. The van der Waals surface area contributed by atoms with Crippen LogP contribution >= 0.6 is 0 Å². The molecule has 0 bridgehead atoms. The van der Waals surface area contributed by atoms with E-state index in [2.05, 4.69) is 27.7 Å². The van der Waals surface area contributed by atoms with Crippen LogP contribution in [0.25, 0.3) is 0 Å². The van der Waals surface area contributed by atoms with Gasteiger partial charge in [0, 0.05) is 12.1 Å². The second kappa shape index (κ2) is 15.1. The molecule has 34 heavy (non-hydrogen) atoms. The molecule has 1 heterocycles. The molecule has 2 rings (SSSR count). The third-order valence-electron chi connectivity index (χ3n) is 5.92. The van der Waals surface area contributed by atoms with Gasteiger partial charge in [-0.1, -0.05) is 64.7 Å². The molecule has 0 saturated heterocycles. The van der Waals surface area contributed by atoms with Crippen molar-refractivity contribution in [2.24, 2.45) is 0 Å². The number of ether oxygens (including phenoxy) is 3. The Morgan fingerprint density at radius 1 is 0.912 bits per heavy atom. The molecule has 190 valence electrons. The topological polar surface area (TPSA) is 100 Å². The number of amides is 1. The number of hydrogen-bond donors (Lipinski definition) is 1. The Labute approximate surface area is 203 Å². The lowest BCUT2D eigenvalue weighted by molar-refractivity contribution is -0.117. The molecule has 1 amide bonds. The Balaban J connectivity index is 1.81. The number of carbonyl (C=O) groups is 1. The number of nitrogens with zero attached hydrogens (tertiary/aromatic N) is 4. The van der Waals surface area contributed by atoms with Crippen LogP contribution in [0.4, 0.5) is 5.69 Å². The quantitative estimate of drug-likeness (QED) is 0.307. The molecule has 2 aromatic rings. The van der Waals surface area contributed by atoms with Gasteiger partial charge in [-0.2, -0.15) is 4.80 Å². The Morgan fingerprint density at radius 2 is 1.47 bits per heavy atom. The van der Waals surface area contributed by atoms with Crippen LogP contribution in [-0.4, -0.2) is 47.4 Å². The highest BCUT2D eigenvalue weighted by molar-refractivity contribution is 5.98. The van der Waals surface area contributed by atoms with Crippen molar-refractivity contribution in [3.8, 4) is 17.2 Å². The molecule has 0 aliphatic heterocycles. The summed E-state index contributed by atoms with van der Waals surface area (Å²) in [5, 5.41) is 15.5. The maximum atomic E-state index is 12.9. The normalized spacial score (nSPS) is 11.8. The first-order valence-corrected chi connectivity index (χ1v) is 12.4. The summed E-state index contributed by atoms with van der Waals surface area (Å²) in [6.45, 7) is 4.71. The molecule has 0 unspecified atom stereocenters. The van der Waals surface area contributed by atoms with Crippen molar-refractivity contribution in [3.05, 3.63) is 18.0 Å². The van der Waals surface area contributed by atoms with Crippen LogP contribution in [0.1, 0.15) is 89.8 Å². The summed E-state index contributed by atoms with van der Waals surface area (Å²) in [6.07, 6.45) is 12.7. The lowest BCUT2D eigenvalue weighted by atomic mass is 10.1. The Hall–Kier alpha value is -2.84. The SMILES string of the molecule is CCCCCCCCCCCCn1nnc([C@H](C)C(=O)Nc2c(OC)cc(OC)cc2OC)n1. The van der Waals surface area contributed by atoms with Crippen molar-refractivity contribution < 1.29 is 19.0 Å². The van der Waals surface area contributed by atoms with Gasteiger partial charge in [-0.25, -0.2) is 0 Å². The number of unbranched alkanes of at least 4 members (excludes halogenated alkanes) is 9. The van der Waals surface area contributed by atoms with Crippen molar-refractivity contribution in [2.75, 3.05) is 26.6 Å². The minimum Gasteiger partial charge on any atom is -0.496 e. The largest absolute Gasteiger partial charge is 0.496 e. The zero-order chi connectivity index (χ0) is 24.8. The van der Waals surface area contributed by atoms with Crippen LogP contribution in [0.2, 0.25) is 0 Å². The predicted octanol–water partition coefficient (Wildman–Crippen LogP) is 5.36. The first kappa shape index (κ1) is 27.4. The molecule has 0 saturated carbocycles. The molecular formula is C25H41N5O4. The molecule has 1 aromatic heterocycles. The maximum absolute atomic E-state index is 12.9. The maximum Gasteiger partial charge on any atom is 0.235 e. The van der Waals surface area contributed by atoms with E-state index >= 15 is 0 Å². The Bertz CT molecular complexity index is 846. The second-order valence-electron chi connectivity index (χ2n) is 8.54. The zero-order valence-corrected chi connectivity index (χ0v) is 21.4. The van der Waals surface area contributed by atoms with E-state index in [1.165, 1.54) is 65.6 Å². The first-order valence-electron chi connectivity index (χ1n) is 12.4. The number of anilines is 1. The van der Waals surface area contributed by atoms with E-state index in [-0.39, 0.29) is 5.91 Å². The van der Waals surface area contributed by atoms with Gasteiger partial charge in [0.25, 0.3) is 0 Å². The molecule has 0 aliphatic rings. The monoisotopic (exact) mass is 475 g/mol. The zero-order valence-electron chi connectivity index (χ0n) is 21.4. The number of aromatic nitrogens is 4. The summed E-state index contributed by atoms with van der Waals surface area (Å²) < 4.78 is 16.1. The molecule has 1 atom stereocenters. The number of methoxy groups -OCH3 is 3. The third kappa shape index (κ3) is 8.50. The lowest BCUT2D eigenvalue weighted by Gasteiger charge is -2.17. The number of benzene rings is 1. The third-order valence-corrected chi connectivity index (χ3v) is 5.92. The second-order valence-corrected chi connectivity index (χ2v) is 8.54. The van der Waals surface area contributed by atoms with Crippen LogP contribution in [0.15, 0.2) is 12.1 Å². The molecule has 1 aromatic carbocycles. The first-order chi connectivity index (χ1) is 16.5. The van der Waals surface area contributed by atoms with Crippen LogP contribution in [0.5, 0.6) is 17.2 Å². The summed E-state index contributed by atoms with van der Waals surface area (Å²) in [5.74, 6) is 0.967. The minimum atomic E-state index is -0.585.